The number of hydrogen-bond donors (Lipinski definition) is 0. The second kappa shape index (κ2) is 3.39. The number of halogens is 1. The van der Waals surface area contributed by atoms with E-state index in [-0.39, 0.29) is 0 Å². The molecular formula is C8H8ClNO. The third-order valence-corrected chi connectivity index (χ3v) is 1.58. The van der Waals surface area contributed by atoms with Gasteiger partial charge in [-0.05, 0) is 6.08 Å². The van der Waals surface area contributed by atoms with E-state index in [1.54, 1.807) is 25.4 Å². The molecule has 0 N–H and O–H groups in total. The van der Waals surface area contributed by atoms with Gasteiger partial charge in [0.05, 0.1) is 24.0 Å². The molecule has 0 aliphatic rings. The van der Waals surface area contributed by atoms with Crippen LogP contribution in [0.1, 0.15) is 5.69 Å². The molecule has 1 aromatic rings. The first-order valence-corrected chi connectivity index (χ1v) is 3.47. The van der Waals surface area contributed by atoms with Crippen LogP contribution in [-0.2, 0) is 0 Å². The number of rotatable bonds is 2. The lowest BCUT2D eigenvalue weighted by Crippen LogP contribution is -1.86. The molecule has 0 bridgehead atoms. The Balaban J connectivity index is 3.09. The molecule has 2 nitrogen and oxygen atoms in total. The SMILES string of the molecule is C=Cc1ncc(OC)cc1Cl. The molecule has 1 rings (SSSR count). The van der Waals surface area contributed by atoms with Crippen molar-refractivity contribution in [2.75, 3.05) is 7.11 Å². The standard InChI is InChI=1S/C8H8ClNO/c1-3-8-7(9)4-6(11-2)5-10-8/h3-5H,1H2,2H3. The molecule has 0 saturated carbocycles. The van der Waals surface area contributed by atoms with Crippen molar-refractivity contribution in [3.8, 4) is 5.75 Å². The fourth-order valence-corrected chi connectivity index (χ4v) is 0.926. The molecule has 0 unspecified atom stereocenters. The van der Waals surface area contributed by atoms with Gasteiger partial charge in [0.2, 0.25) is 0 Å². The van der Waals surface area contributed by atoms with E-state index in [4.69, 9.17) is 16.3 Å². The summed E-state index contributed by atoms with van der Waals surface area (Å²) < 4.78 is 4.91. The van der Waals surface area contributed by atoms with Gasteiger partial charge in [-0.3, -0.25) is 4.98 Å². The van der Waals surface area contributed by atoms with Crippen LogP contribution in [0.2, 0.25) is 5.02 Å². The Hall–Kier alpha value is -1.02. The molecule has 11 heavy (non-hydrogen) atoms. The van der Waals surface area contributed by atoms with E-state index < -0.39 is 0 Å². The first-order chi connectivity index (χ1) is 5.27. The molecule has 0 aromatic carbocycles. The number of nitrogens with zero attached hydrogens (tertiary/aromatic N) is 1. The summed E-state index contributed by atoms with van der Waals surface area (Å²) in [6.45, 7) is 3.56. The van der Waals surface area contributed by atoms with Crippen molar-refractivity contribution >= 4 is 17.7 Å². The highest BCUT2D eigenvalue weighted by molar-refractivity contribution is 6.31. The zero-order valence-corrected chi connectivity index (χ0v) is 6.93. The molecule has 0 amide bonds. The molecule has 0 saturated heterocycles. The van der Waals surface area contributed by atoms with Crippen LogP contribution in [0, 0.1) is 0 Å². The molecule has 58 valence electrons. The third-order valence-electron chi connectivity index (χ3n) is 1.27. The summed E-state index contributed by atoms with van der Waals surface area (Å²) in [6.07, 6.45) is 3.20. The lowest BCUT2D eigenvalue weighted by Gasteiger charge is -2.00. The zero-order valence-electron chi connectivity index (χ0n) is 6.17. The number of pyridine rings is 1. The lowest BCUT2D eigenvalue weighted by atomic mass is 10.3. The topological polar surface area (TPSA) is 22.1 Å². The largest absolute Gasteiger partial charge is 0.495 e. The molecule has 0 aliphatic heterocycles. The van der Waals surface area contributed by atoms with Crippen molar-refractivity contribution < 1.29 is 4.74 Å². The van der Waals surface area contributed by atoms with Crippen LogP contribution >= 0.6 is 11.6 Å². The highest BCUT2D eigenvalue weighted by Gasteiger charge is 1.98. The Morgan fingerprint density at radius 2 is 2.45 bits per heavy atom. The highest BCUT2D eigenvalue weighted by atomic mass is 35.5. The Bertz CT molecular complexity index is 273. The predicted molar refractivity (Wildman–Crippen MR) is 45.9 cm³/mol. The van der Waals surface area contributed by atoms with E-state index in [0.717, 1.165) is 0 Å². The van der Waals surface area contributed by atoms with Gasteiger partial charge >= 0.3 is 0 Å². The molecule has 3 heteroatoms. The molecule has 0 fully saturated rings. The third kappa shape index (κ3) is 1.71. The summed E-state index contributed by atoms with van der Waals surface area (Å²) >= 11 is 5.79. The fourth-order valence-electron chi connectivity index (χ4n) is 0.693. The maximum absolute atomic E-state index is 5.79. The van der Waals surface area contributed by atoms with Gasteiger partial charge in [-0.15, -0.1) is 0 Å². The summed E-state index contributed by atoms with van der Waals surface area (Å²) in [5, 5.41) is 0.555. The number of hydrogen-bond acceptors (Lipinski definition) is 2. The van der Waals surface area contributed by atoms with E-state index >= 15 is 0 Å². The van der Waals surface area contributed by atoms with Crippen LogP contribution < -0.4 is 4.74 Å². The van der Waals surface area contributed by atoms with Crippen molar-refractivity contribution in [1.82, 2.24) is 4.98 Å². The van der Waals surface area contributed by atoms with Crippen molar-refractivity contribution in [2.45, 2.75) is 0 Å². The van der Waals surface area contributed by atoms with Gasteiger partial charge in [-0.1, -0.05) is 18.2 Å². The van der Waals surface area contributed by atoms with Gasteiger partial charge in [-0.25, -0.2) is 0 Å². The van der Waals surface area contributed by atoms with Gasteiger partial charge in [-0.2, -0.15) is 0 Å². The van der Waals surface area contributed by atoms with Gasteiger partial charge in [0, 0.05) is 6.07 Å². The van der Waals surface area contributed by atoms with E-state index in [1.807, 2.05) is 0 Å². The van der Waals surface area contributed by atoms with Crippen LogP contribution in [0.25, 0.3) is 6.08 Å². The number of methoxy groups -OCH3 is 1. The van der Waals surface area contributed by atoms with Crippen LogP contribution in [0.15, 0.2) is 18.8 Å². The quantitative estimate of drug-likeness (QED) is 0.678. The van der Waals surface area contributed by atoms with Gasteiger partial charge in [0.25, 0.3) is 0 Å². The van der Waals surface area contributed by atoms with Crippen LogP contribution in [0.5, 0.6) is 5.75 Å². The Kier molecular flexibility index (Phi) is 2.49. The first kappa shape index (κ1) is 8.08. The van der Waals surface area contributed by atoms with Crippen LogP contribution in [0.3, 0.4) is 0 Å². The Morgan fingerprint density at radius 1 is 1.73 bits per heavy atom. The number of ether oxygens (including phenoxy) is 1. The number of aromatic nitrogens is 1. The summed E-state index contributed by atoms with van der Waals surface area (Å²) in [4.78, 5) is 3.99. The van der Waals surface area contributed by atoms with E-state index in [1.165, 1.54) is 0 Å². The molecular weight excluding hydrogens is 162 g/mol. The minimum atomic E-state index is 0.555. The fraction of sp³-hybridized carbons (Fsp3) is 0.125. The predicted octanol–water partition coefficient (Wildman–Crippen LogP) is 2.39. The molecule has 0 aliphatic carbocycles. The summed E-state index contributed by atoms with van der Waals surface area (Å²) in [7, 11) is 1.57. The Labute approximate surface area is 70.5 Å². The van der Waals surface area contributed by atoms with E-state index in [2.05, 4.69) is 11.6 Å². The minimum Gasteiger partial charge on any atom is -0.495 e. The molecule has 0 spiro atoms. The van der Waals surface area contributed by atoms with Crippen molar-refractivity contribution in [3.63, 3.8) is 0 Å². The Morgan fingerprint density at radius 3 is 2.91 bits per heavy atom. The molecule has 1 aromatic heterocycles. The van der Waals surface area contributed by atoms with Crippen LogP contribution in [-0.4, -0.2) is 12.1 Å². The summed E-state index contributed by atoms with van der Waals surface area (Å²) in [5.74, 6) is 0.653. The van der Waals surface area contributed by atoms with Crippen LogP contribution in [0.4, 0.5) is 0 Å². The van der Waals surface area contributed by atoms with E-state index in [0.29, 0.717) is 16.5 Å². The maximum atomic E-state index is 5.79. The highest BCUT2D eigenvalue weighted by Crippen LogP contribution is 2.19. The van der Waals surface area contributed by atoms with Crippen molar-refractivity contribution in [2.24, 2.45) is 0 Å². The summed E-state index contributed by atoms with van der Waals surface area (Å²) in [5.41, 5.74) is 0.674. The lowest BCUT2D eigenvalue weighted by molar-refractivity contribution is 0.413. The summed E-state index contributed by atoms with van der Waals surface area (Å²) in [6, 6.07) is 1.70. The normalized spacial score (nSPS) is 9.27. The minimum absolute atomic E-state index is 0.555. The molecule has 0 atom stereocenters. The second-order valence-electron chi connectivity index (χ2n) is 1.95. The van der Waals surface area contributed by atoms with Crippen molar-refractivity contribution in [3.05, 3.63) is 29.6 Å². The molecule has 0 radical (unpaired) electrons. The molecule has 1 heterocycles. The first-order valence-electron chi connectivity index (χ1n) is 3.10. The smallest absolute Gasteiger partial charge is 0.138 e. The second-order valence-corrected chi connectivity index (χ2v) is 2.35. The monoisotopic (exact) mass is 169 g/mol. The van der Waals surface area contributed by atoms with E-state index in [9.17, 15) is 0 Å². The zero-order chi connectivity index (χ0) is 8.27. The maximum Gasteiger partial charge on any atom is 0.138 e. The van der Waals surface area contributed by atoms with Gasteiger partial charge in [0.1, 0.15) is 5.75 Å². The van der Waals surface area contributed by atoms with Crippen molar-refractivity contribution in [1.29, 1.82) is 0 Å². The average Bonchev–Trinajstić information content (AvgIpc) is 2.04. The van der Waals surface area contributed by atoms with Gasteiger partial charge < -0.3 is 4.74 Å². The van der Waals surface area contributed by atoms with Gasteiger partial charge in [0.15, 0.2) is 0 Å². The average molecular weight is 170 g/mol.